The summed E-state index contributed by atoms with van der Waals surface area (Å²) in [5, 5.41) is 1.82. The van der Waals surface area contributed by atoms with Crippen LogP contribution in [-0.4, -0.2) is 37.8 Å². The van der Waals surface area contributed by atoms with Crippen LogP contribution >= 0.6 is 0 Å². The van der Waals surface area contributed by atoms with Crippen molar-refractivity contribution in [1.82, 2.24) is 5.32 Å². The molecule has 126 valence electrons. The first-order valence-corrected chi connectivity index (χ1v) is 7.00. The third-order valence-electron chi connectivity index (χ3n) is 3.48. The molecule has 1 aromatic carbocycles. The summed E-state index contributed by atoms with van der Waals surface area (Å²) in [6.45, 7) is -0.207. The van der Waals surface area contributed by atoms with E-state index in [1.807, 2.05) is 11.4 Å². The molecule has 0 aromatic heterocycles. The highest BCUT2D eigenvalue weighted by atomic mass is 19.4. The number of amides is 1. The number of hydrogen-bond donors (Lipinski definition) is 1. The number of methoxy groups -OCH3 is 1. The van der Waals surface area contributed by atoms with Gasteiger partial charge >= 0.3 is 18.1 Å². The SMILES string of the molecule is COC(=O)Cc1ccc2c(c1)CC[C@H](CNC(=O)C(F)(F)F)O2. The maximum absolute atomic E-state index is 12.1. The van der Waals surface area contributed by atoms with Crippen molar-refractivity contribution in [2.24, 2.45) is 0 Å². The lowest BCUT2D eigenvalue weighted by atomic mass is 9.99. The van der Waals surface area contributed by atoms with Gasteiger partial charge in [0.15, 0.2) is 0 Å². The minimum Gasteiger partial charge on any atom is -0.488 e. The van der Waals surface area contributed by atoms with Gasteiger partial charge in [-0.25, -0.2) is 0 Å². The molecule has 8 heteroatoms. The van der Waals surface area contributed by atoms with Crippen molar-refractivity contribution in [2.45, 2.75) is 31.5 Å². The molecule has 1 aliphatic heterocycles. The zero-order chi connectivity index (χ0) is 17.0. The molecule has 0 bridgehead atoms. The first-order valence-electron chi connectivity index (χ1n) is 7.00. The van der Waals surface area contributed by atoms with Crippen LogP contribution in [0.15, 0.2) is 18.2 Å². The summed E-state index contributed by atoms with van der Waals surface area (Å²) < 4.78 is 46.6. The Kier molecular flexibility index (Phi) is 5.12. The molecular weight excluding hydrogens is 315 g/mol. The summed E-state index contributed by atoms with van der Waals surface area (Å²) in [6, 6.07) is 5.19. The molecule has 1 N–H and O–H groups in total. The minimum atomic E-state index is -4.89. The van der Waals surface area contributed by atoms with Gasteiger partial charge in [0.1, 0.15) is 11.9 Å². The van der Waals surface area contributed by atoms with E-state index < -0.39 is 18.2 Å². The van der Waals surface area contributed by atoms with Gasteiger partial charge in [-0.1, -0.05) is 12.1 Å². The fraction of sp³-hybridized carbons (Fsp3) is 0.467. The Hall–Kier alpha value is -2.25. The number of halogens is 3. The van der Waals surface area contributed by atoms with Crippen LogP contribution in [0.1, 0.15) is 17.5 Å². The highest BCUT2D eigenvalue weighted by Gasteiger charge is 2.38. The summed E-state index contributed by atoms with van der Waals surface area (Å²) in [7, 11) is 1.31. The summed E-state index contributed by atoms with van der Waals surface area (Å²) in [5.41, 5.74) is 1.66. The summed E-state index contributed by atoms with van der Waals surface area (Å²) >= 11 is 0. The van der Waals surface area contributed by atoms with Crippen molar-refractivity contribution in [1.29, 1.82) is 0 Å². The van der Waals surface area contributed by atoms with Gasteiger partial charge in [0.25, 0.3) is 0 Å². The number of ether oxygens (including phenoxy) is 2. The maximum atomic E-state index is 12.1. The van der Waals surface area contributed by atoms with Crippen molar-refractivity contribution in [3.8, 4) is 5.75 Å². The topological polar surface area (TPSA) is 64.6 Å². The highest BCUT2D eigenvalue weighted by molar-refractivity contribution is 5.81. The number of nitrogens with one attached hydrogen (secondary N) is 1. The van der Waals surface area contributed by atoms with Crippen molar-refractivity contribution in [2.75, 3.05) is 13.7 Å². The molecule has 1 amide bonds. The number of aryl methyl sites for hydroxylation is 1. The van der Waals surface area contributed by atoms with Crippen LogP contribution in [-0.2, 0) is 27.2 Å². The molecule has 1 aromatic rings. The fourth-order valence-electron chi connectivity index (χ4n) is 2.30. The van der Waals surface area contributed by atoms with Gasteiger partial charge in [-0.05, 0) is 30.0 Å². The van der Waals surface area contributed by atoms with Crippen molar-refractivity contribution >= 4 is 11.9 Å². The highest BCUT2D eigenvalue weighted by Crippen LogP contribution is 2.28. The Balaban J connectivity index is 1.94. The summed E-state index contributed by atoms with van der Waals surface area (Å²) in [4.78, 5) is 22.0. The second-order valence-corrected chi connectivity index (χ2v) is 5.18. The zero-order valence-electron chi connectivity index (χ0n) is 12.4. The summed E-state index contributed by atoms with van der Waals surface area (Å²) in [5.74, 6) is -1.77. The standard InChI is InChI=1S/C15H16F3NO4/c1-22-13(20)7-9-2-5-12-10(6-9)3-4-11(23-12)8-19-14(21)15(16,17)18/h2,5-6,11H,3-4,7-8H2,1H3,(H,19,21)/t11-/m1/s1. The molecule has 0 fully saturated rings. The lowest BCUT2D eigenvalue weighted by Gasteiger charge is -2.26. The van der Waals surface area contributed by atoms with E-state index in [9.17, 15) is 22.8 Å². The molecule has 1 atom stereocenters. The first-order chi connectivity index (χ1) is 10.8. The monoisotopic (exact) mass is 331 g/mol. The number of carbonyl (C=O) groups is 2. The van der Waals surface area contributed by atoms with E-state index >= 15 is 0 Å². The smallest absolute Gasteiger partial charge is 0.471 e. The van der Waals surface area contributed by atoms with Gasteiger partial charge in [0, 0.05) is 0 Å². The Morgan fingerprint density at radius 3 is 2.78 bits per heavy atom. The number of benzene rings is 1. The zero-order valence-corrected chi connectivity index (χ0v) is 12.4. The molecule has 0 saturated carbocycles. The van der Waals surface area contributed by atoms with E-state index in [1.165, 1.54) is 7.11 Å². The molecule has 0 unspecified atom stereocenters. The predicted molar refractivity (Wildman–Crippen MR) is 74.0 cm³/mol. The second kappa shape index (κ2) is 6.89. The van der Waals surface area contributed by atoms with Gasteiger partial charge < -0.3 is 14.8 Å². The van der Waals surface area contributed by atoms with Gasteiger partial charge in [-0.3, -0.25) is 9.59 Å². The third-order valence-corrected chi connectivity index (χ3v) is 3.48. The van der Waals surface area contributed by atoms with Crippen LogP contribution in [0.4, 0.5) is 13.2 Å². The largest absolute Gasteiger partial charge is 0.488 e. The minimum absolute atomic E-state index is 0.148. The van der Waals surface area contributed by atoms with Crippen LogP contribution in [0.5, 0.6) is 5.75 Å². The number of hydrogen-bond acceptors (Lipinski definition) is 4. The van der Waals surface area contributed by atoms with E-state index in [0.717, 1.165) is 11.1 Å². The average Bonchev–Trinajstić information content (AvgIpc) is 2.51. The van der Waals surface area contributed by atoms with Crippen molar-refractivity contribution in [3.63, 3.8) is 0 Å². The van der Waals surface area contributed by atoms with Crippen LogP contribution in [0.3, 0.4) is 0 Å². The second-order valence-electron chi connectivity index (χ2n) is 5.18. The van der Waals surface area contributed by atoms with Gasteiger partial charge in [-0.2, -0.15) is 13.2 Å². The quantitative estimate of drug-likeness (QED) is 0.854. The maximum Gasteiger partial charge on any atom is 0.471 e. The van der Waals surface area contributed by atoms with E-state index in [1.54, 1.807) is 12.1 Å². The van der Waals surface area contributed by atoms with Crippen LogP contribution in [0, 0.1) is 0 Å². The van der Waals surface area contributed by atoms with Crippen LogP contribution in [0.2, 0.25) is 0 Å². The molecule has 5 nitrogen and oxygen atoms in total. The fourth-order valence-corrected chi connectivity index (χ4v) is 2.30. The van der Waals surface area contributed by atoms with E-state index in [0.29, 0.717) is 18.6 Å². The molecule has 0 spiro atoms. The van der Waals surface area contributed by atoms with E-state index in [-0.39, 0.29) is 18.9 Å². The number of esters is 1. The first kappa shape index (κ1) is 17.1. The van der Waals surface area contributed by atoms with Gasteiger partial charge in [0.05, 0.1) is 20.1 Å². The van der Waals surface area contributed by atoms with Gasteiger partial charge in [-0.15, -0.1) is 0 Å². The molecule has 0 aliphatic carbocycles. The Labute approximate surface area is 130 Å². The summed E-state index contributed by atoms with van der Waals surface area (Å²) in [6.07, 6.45) is -4.19. The normalized spacial score (nSPS) is 17.0. The molecule has 1 aliphatic rings. The average molecular weight is 331 g/mol. The molecule has 0 saturated heterocycles. The Morgan fingerprint density at radius 1 is 1.39 bits per heavy atom. The van der Waals surface area contributed by atoms with E-state index in [2.05, 4.69) is 4.74 Å². The van der Waals surface area contributed by atoms with E-state index in [4.69, 9.17) is 4.74 Å². The lowest BCUT2D eigenvalue weighted by Crippen LogP contribution is -2.43. The number of rotatable bonds is 4. The van der Waals surface area contributed by atoms with Crippen LogP contribution in [0.25, 0.3) is 0 Å². The third kappa shape index (κ3) is 4.61. The number of alkyl halides is 3. The molecule has 2 rings (SSSR count). The molecule has 0 radical (unpaired) electrons. The molecular formula is C15H16F3NO4. The molecule has 23 heavy (non-hydrogen) atoms. The lowest BCUT2D eigenvalue weighted by molar-refractivity contribution is -0.173. The Bertz CT molecular complexity index is 601. The Morgan fingerprint density at radius 2 is 2.13 bits per heavy atom. The predicted octanol–water partition coefficient (Wildman–Crippen LogP) is 1.77. The number of carbonyl (C=O) groups excluding carboxylic acids is 2. The number of fused-ring (bicyclic) bond motifs is 1. The van der Waals surface area contributed by atoms with Crippen LogP contribution < -0.4 is 10.1 Å². The van der Waals surface area contributed by atoms with Gasteiger partial charge in [0.2, 0.25) is 0 Å². The van der Waals surface area contributed by atoms with Crippen molar-refractivity contribution < 1.29 is 32.2 Å². The molecule has 1 heterocycles. The van der Waals surface area contributed by atoms with Crippen molar-refractivity contribution in [3.05, 3.63) is 29.3 Å².